The molecule has 2 aromatic rings. The van der Waals surface area contributed by atoms with E-state index in [1.807, 2.05) is 19.1 Å². The van der Waals surface area contributed by atoms with E-state index in [0.717, 1.165) is 11.3 Å². The number of hydrogen-bond acceptors (Lipinski definition) is 6. The van der Waals surface area contributed by atoms with Crippen LogP contribution in [0.25, 0.3) is 0 Å². The van der Waals surface area contributed by atoms with Gasteiger partial charge in [0.05, 0.1) is 20.8 Å². The van der Waals surface area contributed by atoms with Gasteiger partial charge in [0.1, 0.15) is 5.75 Å². The second-order valence-electron chi connectivity index (χ2n) is 6.23. The van der Waals surface area contributed by atoms with Gasteiger partial charge in [0.2, 0.25) is 0 Å². The van der Waals surface area contributed by atoms with Crippen LogP contribution in [0.3, 0.4) is 0 Å². The lowest BCUT2D eigenvalue weighted by molar-refractivity contribution is -0.153. The second kappa shape index (κ2) is 10.9. The van der Waals surface area contributed by atoms with E-state index in [2.05, 4.69) is 5.32 Å². The van der Waals surface area contributed by atoms with Gasteiger partial charge >= 0.3 is 5.97 Å². The minimum atomic E-state index is -0.915. The van der Waals surface area contributed by atoms with Crippen molar-refractivity contribution in [2.24, 2.45) is 0 Å². The Morgan fingerprint density at radius 1 is 1.03 bits per heavy atom. The Hall–Kier alpha value is -3.22. The van der Waals surface area contributed by atoms with Crippen LogP contribution in [0.2, 0.25) is 0 Å². The third-order valence-electron chi connectivity index (χ3n) is 4.19. The van der Waals surface area contributed by atoms with Crippen molar-refractivity contribution in [2.45, 2.75) is 32.8 Å². The molecular weight excluding hydrogens is 374 g/mol. The van der Waals surface area contributed by atoms with Gasteiger partial charge in [-0.15, -0.1) is 0 Å². The Labute approximate surface area is 170 Å². The maximum atomic E-state index is 12.3. The van der Waals surface area contributed by atoms with E-state index in [9.17, 15) is 9.59 Å². The molecule has 0 saturated carbocycles. The first-order valence-electron chi connectivity index (χ1n) is 9.41. The van der Waals surface area contributed by atoms with Crippen molar-refractivity contribution >= 4 is 17.6 Å². The summed E-state index contributed by atoms with van der Waals surface area (Å²) < 4.78 is 21.2. The molecule has 0 unspecified atom stereocenters. The van der Waals surface area contributed by atoms with Crippen molar-refractivity contribution in [2.75, 3.05) is 26.1 Å². The Balaban J connectivity index is 1.86. The molecule has 0 saturated heterocycles. The standard InChI is InChI=1S/C22H27NO6/c1-5-28-18-12-10-17(11-13-18)23-22(25)15(2)29-20(24)14-9-16-7-6-8-19(26-3)21(16)27-4/h6-8,10-13,15H,5,9,14H2,1-4H3,(H,23,25)/t15-/m0/s1. The summed E-state index contributed by atoms with van der Waals surface area (Å²) in [6.45, 7) is 4.00. The Kier molecular flexibility index (Phi) is 8.33. The van der Waals surface area contributed by atoms with Crippen LogP contribution in [0.15, 0.2) is 42.5 Å². The van der Waals surface area contributed by atoms with Gasteiger partial charge in [-0.2, -0.15) is 0 Å². The van der Waals surface area contributed by atoms with Crippen LogP contribution in [-0.2, 0) is 20.7 Å². The highest BCUT2D eigenvalue weighted by atomic mass is 16.5. The number of esters is 1. The monoisotopic (exact) mass is 401 g/mol. The average molecular weight is 401 g/mol. The van der Waals surface area contributed by atoms with Crippen molar-refractivity contribution < 1.29 is 28.5 Å². The van der Waals surface area contributed by atoms with Gasteiger partial charge < -0.3 is 24.3 Å². The maximum Gasteiger partial charge on any atom is 0.306 e. The number of ether oxygens (including phenoxy) is 4. The third-order valence-corrected chi connectivity index (χ3v) is 4.19. The molecule has 0 radical (unpaired) electrons. The van der Waals surface area contributed by atoms with Gasteiger partial charge in [-0.3, -0.25) is 9.59 Å². The Morgan fingerprint density at radius 2 is 1.76 bits per heavy atom. The summed E-state index contributed by atoms with van der Waals surface area (Å²) >= 11 is 0. The first-order valence-corrected chi connectivity index (χ1v) is 9.41. The van der Waals surface area contributed by atoms with E-state index in [0.29, 0.717) is 30.2 Å². The molecule has 0 aliphatic rings. The van der Waals surface area contributed by atoms with Crippen LogP contribution in [0.5, 0.6) is 17.2 Å². The highest BCUT2D eigenvalue weighted by molar-refractivity contribution is 5.95. The molecule has 2 rings (SSSR count). The zero-order chi connectivity index (χ0) is 21.2. The van der Waals surface area contributed by atoms with Crippen molar-refractivity contribution in [3.8, 4) is 17.2 Å². The molecule has 0 bridgehead atoms. The molecule has 7 nitrogen and oxygen atoms in total. The van der Waals surface area contributed by atoms with Crippen LogP contribution >= 0.6 is 0 Å². The highest BCUT2D eigenvalue weighted by Gasteiger charge is 2.19. The molecule has 1 N–H and O–H groups in total. The molecule has 1 amide bonds. The van der Waals surface area contributed by atoms with Gasteiger partial charge in [-0.25, -0.2) is 0 Å². The smallest absolute Gasteiger partial charge is 0.306 e. The van der Waals surface area contributed by atoms with Gasteiger partial charge in [0, 0.05) is 12.1 Å². The Morgan fingerprint density at radius 3 is 2.38 bits per heavy atom. The lowest BCUT2D eigenvalue weighted by atomic mass is 10.1. The number of amides is 1. The SMILES string of the molecule is CCOc1ccc(NC(=O)[C@H](C)OC(=O)CCc2cccc(OC)c2OC)cc1. The first kappa shape index (κ1) is 22.1. The average Bonchev–Trinajstić information content (AvgIpc) is 2.73. The number of nitrogens with one attached hydrogen (secondary N) is 1. The fourth-order valence-electron chi connectivity index (χ4n) is 2.74. The number of rotatable bonds is 10. The van der Waals surface area contributed by atoms with Gasteiger partial charge in [-0.1, -0.05) is 12.1 Å². The molecule has 7 heteroatoms. The number of para-hydroxylation sites is 1. The zero-order valence-corrected chi connectivity index (χ0v) is 17.2. The van der Waals surface area contributed by atoms with E-state index >= 15 is 0 Å². The summed E-state index contributed by atoms with van der Waals surface area (Å²) in [6, 6.07) is 12.5. The van der Waals surface area contributed by atoms with Gasteiger partial charge in [0.25, 0.3) is 5.91 Å². The maximum absolute atomic E-state index is 12.3. The summed E-state index contributed by atoms with van der Waals surface area (Å²) in [6.07, 6.45) is -0.391. The number of carbonyl (C=O) groups is 2. The molecule has 1 atom stereocenters. The lowest BCUT2D eigenvalue weighted by Gasteiger charge is -2.15. The molecule has 0 heterocycles. The molecule has 156 valence electrons. The number of aryl methyl sites for hydroxylation is 1. The summed E-state index contributed by atoms with van der Waals surface area (Å²) in [4.78, 5) is 24.4. The predicted octanol–water partition coefficient (Wildman–Crippen LogP) is 3.61. The van der Waals surface area contributed by atoms with Gasteiger partial charge in [-0.05, 0) is 56.2 Å². The number of methoxy groups -OCH3 is 2. The van der Waals surface area contributed by atoms with E-state index in [4.69, 9.17) is 18.9 Å². The van der Waals surface area contributed by atoms with Crippen molar-refractivity contribution in [1.29, 1.82) is 0 Å². The largest absolute Gasteiger partial charge is 0.494 e. The number of carbonyl (C=O) groups excluding carboxylic acids is 2. The van der Waals surface area contributed by atoms with Crippen LogP contribution in [0.4, 0.5) is 5.69 Å². The number of anilines is 1. The highest BCUT2D eigenvalue weighted by Crippen LogP contribution is 2.31. The van der Waals surface area contributed by atoms with E-state index in [-0.39, 0.29) is 6.42 Å². The predicted molar refractivity (Wildman–Crippen MR) is 110 cm³/mol. The number of benzene rings is 2. The molecule has 2 aromatic carbocycles. The van der Waals surface area contributed by atoms with Gasteiger partial charge in [0.15, 0.2) is 17.6 Å². The van der Waals surface area contributed by atoms with E-state index < -0.39 is 18.0 Å². The summed E-state index contributed by atoms with van der Waals surface area (Å²) in [5, 5.41) is 2.72. The number of hydrogen-bond donors (Lipinski definition) is 1. The summed E-state index contributed by atoms with van der Waals surface area (Å²) in [7, 11) is 3.10. The van der Waals surface area contributed by atoms with Crippen LogP contribution in [-0.4, -0.2) is 38.8 Å². The summed E-state index contributed by atoms with van der Waals surface area (Å²) in [5.74, 6) is 1.04. The molecule has 0 fully saturated rings. The quantitative estimate of drug-likeness (QED) is 0.613. The summed E-state index contributed by atoms with van der Waals surface area (Å²) in [5.41, 5.74) is 1.43. The van der Waals surface area contributed by atoms with Crippen molar-refractivity contribution in [3.63, 3.8) is 0 Å². The van der Waals surface area contributed by atoms with Crippen LogP contribution in [0, 0.1) is 0 Å². The van der Waals surface area contributed by atoms with Crippen LogP contribution in [0.1, 0.15) is 25.8 Å². The first-order chi connectivity index (χ1) is 14.0. The zero-order valence-electron chi connectivity index (χ0n) is 17.2. The molecule has 0 aromatic heterocycles. The fraction of sp³-hybridized carbons (Fsp3) is 0.364. The van der Waals surface area contributed by atoms with Crippen molar-refractivity contribution in [1.82, 2.24) is 0 Å². The molecular formula is C22H27NO6. The van der Waals surface area contributed by atoms with E-state index in [1.165, 1.54) is 6.92 Å². The normalized spacial score (nSPS) is 11.3. The molecule has 29 heavy (non-hydrogen) atoms. The topological polar surface area (TPSA) is 83.1 Å². The molecule has 0 spiro atoms. The third kappa shape index (κ3) is 6.41. The van der Waals surface area contributed by atoms with Crippen molar-refractivity contribution in [3.05, 3.63) is 48.0 Å². The molecule has 0 aliphatic heterocycles. The second-order valence-corrected chi connectivity index (χ2v) is 6.23. The minimum Gasteiger partial charge on any atom is -0.494 e. The Bertz CT molecular complexity index is 819. The fourth-order valence-corrected chi connectivity index (χ4v) is 2.74. The lowest BCUT2D eigenvalue weighted by Crippen LogP contribution is -2.30. The van der Waals surface area contributed by atoms with Crippen LogP contribution < -0.4 is 19.5 Å². The molecule has 0 aliphatic carbocycles. The van der Waals surface area contributed by atoms with E-state index in [1.54, 1.807) is 44.6 Å². The minimum absolute atomic E-state index is 0.115.